The zero-order valence-electron chi connectivity index (χ0n) is 10.8. The molecule has 0 spiro atoms. The molecular weight excluding hydrogens is 311 g/mol. The minimum atomic E-state index is -0.542. The second-order valence-corrected chi connectivity index (χ2v) is 3.49. The van der Waals surface area contributed by atoms with Crippen LogP contribution in [0.3, 0.4) is 0 Å². The molecule has 0 heterocycles. The van der Waals surface area contributed by atoms with E-state index >= 15 is 0 Å². The summed E-state index contributed by atoms with van der Waals surface area (Å²) in [7, 11) is 0. The SMILES string of the molecule is Cl.Cl.N=C(N)CCOC(=O)CCC(=O)OCCC(=N)N. The number of amidine groups is 2. The number of halogens is 2. The van der Waals surface area contributed by atoms with Gasteiger partial charge in [0.05, 0.1) is 37.7 Å². The van der Waals surface area contributed by atoms with Gasteiger partial charge in [0.15, 0.2) is 0 Å². The van der Waals surface area contributed by atoms with Crippen LogP contribution in [0.2, 0.25) is 0 Å². The van der Waals surface area contributed by atoms with Gasteiger partial charge in [0.25, 0.3) is 0 Å². The Morgan fingerprint density at radius 3 is 1.30 bits per heavy atom. The molecule has 0 bridgehead atoms. The predicted octanol–water partition coefficient (Wildman–Crippen LogP) is 0.349. The van der Waals surface area contributed by atoms with E-state index in [0.717, 1.165) is 0 Å². The minimum absolute atomic E-state index is 0. The highest BCUT2D eigenvalue weighted by atomic mass is 35.5. The lowest BCUT2D eigenvalue weighted by Crippen LogP contribution is -2.17. The van der Waals surface area contributed by atoms with Crippen molar-refractivity contribution in [2.75, 3.05) is 13.2 Å². The van der Waals surface area contributed by atoms with Gasteiger partial charge in [0, 0.05) is 12.8 Å². The second kappa shape index (κ2) is 13.9. The predicted molar refractivity (Wildman–Crippen MR) is 78.7 cm³/mol. The molecule has 0 radical (unpaired) electrons. The van der Waals surface area contributed by atoms with Crippen LogP contribution in [-0.4, -0.2) is 36.8 Å². The maximum absolute atomic E-state index is 11.1. The first kappa shape index (κ1) is 23.5. The van der Waals surface area contributed by atoms with Crippen molar-refractivity contribution >= 4 is 48.4 Å². The molecule has 0 aromatic rings. The van der Waals surface area contributed by atoms with Crippen LogP contribution in [0.1, 0.15) is 25.7 Å². The van der Waals surface area contributed by atoms with Gasteiger partial charge in [-0.25, -0.2) is 0 Å². The molecule has 0 amide bonds. The fraction of sp³-hybridized carbons (Fsp3) is 0.600. The molecule has 10 heteroatoms. The maximum atomic E-state index is 11.1. The van der Waals surface area contributed by atoms with Crippen LogP contribution in [0, 0.1) is 10.8 Å². The van der Waals surface area contributed by atoms with Crippen LogP contribution in [-0.2, 0) is 19.1 Å². The van der Waals surface area contributed by atoms with Crippen LogP contribution in [0.25, 0.3) is 0 Å². The number of rotatable bonds is 9. The van der Waals surface area contributed by atoms with Crippen LogP contribution in [0.4, 0.5) is 0 Å². The first-order valence-corrected chi connectivity index (χ1v) is 5.39. The van der Waals surface area contributed by atoms with E-state index in [1.807, 2.05) is 0 Å². The van der Waals surface area contributed by atoms with E-state index in [1.165, 1.54) is 0 Å². The zero-order chi connectivity index (χ0) is 14.0. The lowest BCUT2D eigenvalue weighted by Gasteiger charge is -2.05. The molecule has 0 saturated carbocycles. The van der Waals surface area contributed by atoms with Gasteiger partial charge in [0.2, 0.25) is 0 Å². The van der Waals surface area contributed by atoms with Crippen molar-refractivity contribution in [3.63, 3.8) is 0 Å². The van der Waals surface area contributed by atoms with Gasteiger partial charge in [-0.1, -0.05) is 0 Å². The molecule has 118 valence electrons. The van der Waals surface area contributed by atoms with Crippen LogP contribution < -0.4 is 11.5 Å². The van der Waals surface area contributed by atoms with Crippen molar-refractivity contribution in [1.82, 2.24) is 0 Å². The Balaban J connectivity index is -0.00000144. The molecule has 0 aliphatic carbocycles. The molecular formula is C10H20Cl2N4O4. The highest BCUT2D eigenvalue weighted by molar-refractivity contribution is 5.85. The molecule has 20 heavy (non-hydrogen) atoms. The molecule has 0 aliphatic rings. The van der Waals surface area contributed by atoms with Crippen LogP contribution in [0.5, 0.6) is 0 Å². The third kappa shape index (κ3) is 16.5. The Bertz CT molecular complexity index is 307. The van der Waals surface area contributed by atoms with Crippen molar-refractivity contribution in [2.24, 2.45) is 11.5 Å². The largest absolute Gasteiger partial charge is 0.465 e. The summed E-state index contributed by atoms with van der Waals surface area (Å²) in [6.07, 6.45) is 0.178. The first-order valence-electron chi connectivity index (χ1n) is 5.39. The molecule has 0 atom stereocenters. The fourth-order valence-corrected chi connectivity index (χ4v) is 0.898. The normalized spacial score (nSPS) is 8.60. The van der Waals surface area contributed by atoms with E-state index < -0.39 is 11.9 Å². The summed E-state index contributed by atoms with van der Waals surface area (Å²) in [6.45, 7) is 0.0705. The van der Waals surface area contributed by atoms with E-state index in [4.69, 9.17) is 31.8 Å². The highest BCUT2D eigenvalue weighted by Gasteiger charge is 2.09. The smallest absolute Gasteiger partial charge is 0.306 e. The molecule has 0 aromatic heterocycles. The maximum Gasteiger partial charge on any atom is 0.306 e. The summed E-state index contributed by atoms with van der Waals surface area (Å²) in [5, 5.41) is 13.8. The van der Waals surface area contributed by atoms with E-state index in [0.29, 0.717) is 0 Å². The van der Waals surface area contributed by atoms with E-state index in [9.17, 15) is 9.59 Å². The molecule has 0 rings (SSSR count). The number of esters is 2. The number of nitrogens with one attached hydrogen (secondary N) is 2. The first-order chi connectivity index (χ1) is 8.41. The van der Waals surface area contributed by atoms with Gasteiger partial charge in [-0.15, -0.1) is 24.8 Å². The standard InChI is InChI=1S/C10H18N4O4.2ClH/c11-7(12)3-5-17-9(15)1-2-10(16)18-6-4-8(13)14;;/h1-6H2,(H3,11,12)(H3,13,14);2*1H. The molecule has 0 saturated heterocycles. The molecule has 8 nitrogen and oxygen atoms in total. The van der Waals surface area contributed by atoms with Gasteiger partial charge >= 0.3 is 11.9 Å². The molecule has 0 aromatic carbocycles. The molecule has 0 unspecified atom stereocenters. The minimum Gasteiger partial charge on any atom is -0.465 e. The summed E-state index contributed by atoms with van der Waals surface area (Å²) in [4.78, 5) is 22.2. The van der Waals surface area contributed by atoms with Crippen molar-refractivity contribution in [3.05, 3.63) is 0 Å². The highest BCUT2D eigenvalue weighted by Crippen LogP contribution is 1.97. The van der Waals surface area contributed by atoms with Gasteiger partial charge in [-0.3, -0.25) is 20.4 Å². The summed E-state index contributed by atoms with van der Waals surface area (Å²) in [6, 6.07) is 0. The van der Waals surface area contributed by atoms with Crippen molar-refractivity contribution in [3.8, 4) is 0 Å². The molecule has 0 fully saturated rings. The van der Waals surface area contributed by atoms with Gasteiger partial charge in [-0.05, 0) is 0 Å². The quantitative estimate of drug-likeness (QED) is 0.272. The Morgan fingerprint density at radius 1 is 0.750 bits per heavy atom. The van der Waals surface area contributed by atoms with Crippen LogP contribution >= 0.6 is 24.8 Å². The number of ether oxygens (including phenoxy) is 2. The molecule has 0 aliphatic heterocycles. The number of carbonyl (C=O) groups excluding carboxylic acids is 2. The summed E-state index contributed by atoms with van der Waals surface area (Å²) >= 11 is 0. The Morgan fingerprint density at radius 2 is 1.05 bits per heavy atom. The van der Waals surface area contributed by atoms with Crippen molar-refractivity contribution in [2.45, 2.75) is 25.7 Å². The van der Waals surface area contributed by atoms with Crippen LogP contribution in [0.15, 0.2) is 0 Å². The second-order valence-electron chi connectivity index (χ2n) is 3.49. The number of hydrogen-bond donors (Lipinski definition) is 4. The van der Waals surface area contributed by atoms with E-state index in [2.05, 4.69) is 0 Å². The summed E-state index contributed by atoms with van der Waals surface area (Å²) in [5.74, 6) is -1.21. The third-order valence-corrected chi connectivity index (χ3v) is 1.80. The lowest BCUT2D eigenvalue weighted by atomic mass is 10.3. The summed E-state index contributed by atoms with van der Waals surface area (Å²) < 4.78 is 9.45. The third-order valence-electron chi connectivity index (χ3n) is 1.80. The average molecular weight is 331 g/mol. The average Bonchev–Trinajstić information content (AvgIpc) is 2.25. The Hall–Kier alpha value is -1.54. The number of hydrogen-bond acceptors (Lipinski definition) is 6. The Labute approximate surface area is 129 Å². The van der Waals surface area contributed by atoms with Crippen molar-refractivity contribution < 1.29 is 19.1 Å². The van der Waals surface area contributed by atoms with E-state index in [-0.39, 0.29) is 75.4 Å². The van der Waals surface area contributed by atoms with Gasteiger partial charge < -0.3 is 20.9 Å². The lowest BCUT2D eigenvalue weighted by molar-refractivity contribution is -0.150. The number of nitrogens with two attached hydrogens (primary N) is 2. The van der Waals surface area contributed by atoms with Gasteiger partial charge in [0.1, 0.15) is 0 Å². The fourth-order valence-electron chi connectivity index (χ4n) is 0.898. The van der Waals surface area contributed by atoms with Crippen molar-refractivity contribution in [1.29, 1.82) is 10.8 Å². The van der Waals surface area contributed by atoms with E-state index in [1.54, 1.807) is 0 Å². The Kier molecular flexibility index (Phi) is 16.3. The topological polar surface area (TPSA) is 152 Å². The monoisotopic (exact) mass is 330 g/mol. The van der Waals surface area contributed by atoms with Gasteiger partial charge in [-0.2, -0.15) is 0 Å². The zero-order valence-corrected chi connectivity index (χ0v) is 12.5. The molecule has 6 N–H and O–H groups in total. The summed E-state index contributed by atoms with van der Waals surface area (Å²) in [5.41, 5.74) is 10.1. The number of carbonyl (C=O) groups is 2.